The number of hydrogen-bond donors (Lipinski definition) is 1. The summed E-state index contributed by atoms with van der Waals surface area (Å²) >= 11 is 0. The number of nitro benzene ring substituents is 1. The van der Waals surface area contributed by atoms with Crippen LogP contribution < -0.4 is 10.2 Å². The van der Waals surface area contributed by atoms with Crippen LogP contribution in [0.15, 0.2) is 42.5 Å². The Labute approximate surface area is 160 Å². The fourth-order valence-corrected chi connectivity index (χ4v) is 2.97. The van der Waals surface area contributed by atoms with Crippen LogP contribution in [0.1, 0.15) is 23.2 Å². The smallest absolute Gasteiger partial charge is 0.341 e. The molecule has 8 nitrogen and oxygen atoms in total. The van der Waals surface area contributed by atoms with Gasteiger partial charge >= 0.3 is 5.97 Å². The van der Waals surface area contributed by atoms with Gasteiger partial charge in [0.15, 0.2) is 6.61 Å². The van der Waals surface area contributed by atoms with Crippen LogP contribution in [0.3, 0.4) is 0 Å². The van der Waals surface area contributed by atoms with Crippen LogP contribution in [0.2, 0.25) is 0 Å². The molecule has 1 aliphatic rings. The van der Waals surface area contributed by atoms with Gasteiger partial charge < -0.3 is 15.0 Å². The Hall–Kier alpha value is -3.49. The first-order valence-corrected chi connectivity index (χ1v) is 8.70. The predicted octanol–water partition coefficient (Wildman–Crippen LogP) is 3.13. The quantitative estimate of drug-likeness (QED) is 0.464. The van der Waals surface area contributed by atoms with Gasteiger partial charge in [0, 0.05) is 30.9 Å². The minimum Gasteiger partial charge on any atom is -0.452 e. The third kappa shape index (κ3) is 4.61. The Kier molecular flexibility index (Phi) is 5.83. The number of esters is 1. The van der Waals surface area contributed by atoms with Crippen molar-refractivity contribution in [3.8, 4) is 0 Å². The second kappa shape index (κ2) is 8.47. The van der Waals surface area contributed by atoms with Crippen molar-refractivity contribution in [2.24, 2.45) is 0 Å². The van der Waals surface area contributed by atoms with Gasteiger partial charge in [-0.2, -0.15) is 0 Å². The van der Waals surface area contributed by atoms with E-state index in [9.17, 15) is 24.1 Å². The van der Waals surface area contributed by atoms with Gasteiger partial charge in [-0.3, -0.25) is 14.9 Å². The lowest BCUT2D eigenvalue weighted by Crippen LogP contribution is -2.24. The fourth-order valence-electron chi connectivity index (χ4n) is 2.97. The summed E-state index contributed by atoms with van der Waals surface area (Å²) in [7, 11) is 0. The monoisotopic (exact) mass is 387 g/mol. The van der Waals surface area contributed by atoms with E-state index in [0.29, 0.717) is 11.4 Å². The lowest BCUT2D eigenvalue weighted by atomic mass is 10.1. The van der Waals surface area contributed by atoms with E-state index >= 15 is 0 Å². The Morgan fingerprint density at radius 2 is 1.82 bits per heavy atom. The first-order valence-electron chi connectivity index (χ1n) is 8.70. The topological polar surface area (TPSA) is 102 Å². The molecule has 0 saturated carbocycles. The molecule has 2 aromatic rings. The molecule has 2 aromatic carbocycles. The number of benzene rings is 2. The molecule has 9 heteroatoms. The number of non-ortho nitro benzene ring substituents is 1. The SMILES string of the molecule is O=C(COC(=O)c1cc([N+](=O)[O-])ccc1N1CCCC1)Nc1ccc(F)cc1. The molecule has 146 valence electrons. The lowest BCUT2D eigenvalue weighted by Gasteiger charge is -2.20. The van der Waals surface area contributed by atoms with Crippen LogP contribution in [-0.2, 0) is 9.53 Å². The van der Waals surface area contributed by atoms with Gasteiger partial charge in [0.05, 0.1) is 16.2 Å². The number of rotatable bonds is 6. The van der Waals surface area contributed by atoms with Crippen LogP contribution in [-0.4, -0.2) is 36.5 Å². The molecule has 28 heavy (non-hydrogen) atoms. The van der Waals surface area contributed by atoms with Gasteiger partial charge in [-0.15, -0.1) is 0 Å². The molecular weight excluding hydrogens is 369 g/mol. The van der Waals surface area contributed by atoms with Gasteiger partial charge in [-0.05, 0) is 43.2 Å². The van der Waals surface area contributed by atoms with Crippen molar-refractivity contribution < 1.29 is 23.6 Å². The van der Waals surface area contributed by atoms with Crippen molar-refractivity contribution in [1.29, 1.82) is 0 Å². The Balaban J connectivity index is 1.69. The molecule has 1 saturated heterocycles. The number of carbonyl (C=O) groups excluding carboxylic acids is 2. The highest BCUT2D eigenvalue weighted by atomic mass is 19.1. The average Bonchev–Trinajstić information content (AvgIpc) is 3.22. The largest absolute Gasteiger partial charge is 0.452 e. The van der Waals surface area contributed by atoms with Gasteiger partial charge in [0.1, 0.15) is 5.82 Å². The highest BCUT2D eigenvalue weighted by Gasteiger charge is 2.24. The van der Waals surface area contributed by atoms with Crippen LogP contribution in [0, 0.1) is 15.9 Å². The van der Waals surface area contributed by atoms with Crippen LogP contribution in [0.25, 0.3) is 0 Å². The lowest BCUT2D eigenvalue weighted by molar-refractivity contribution is -0.384. The van der Waals surface area contributed by atoms with E-state index in [1.54, 1.807) is 0 Å². The van der Waals surface area contributed by atoms with Crippen LogP contribution in [0.4, 0.5) is 21.5 Å². The third-order valence-electron chi connectivity index (χ3n) is 4.32. The molecule has 1 fully saturated rings. The third-order valence-corrected chi connectivity index (χ3v) is 4.32. The van der Waals surface area contributed by atoms with Crippen molar-refractivity contribution in [1.82, 2.24) is 0 Å². The van der Waals surface area contributed by atoms with Crippen LogP contribution >= 0.6 is 0 Å². The maximum atomic E-state index is 12.9. The summed E-state index contributed by atoms with van der Waals surface area (Å²) in [4.78, 5) is 36.9. The second-order valence-electron chi connectivity index (χ2n) is 6.28. The Morgan fingerprint density at radius 3 is 2.46 bits per heavy atom. The maximum absolute atomic E-state index is 12.9. The van der Waals surface area contributed by atoms with E-state index in [1.165, 1.54) is 36.4 Å². The van der Waals surface area contributed by atoms with Crippen LogP contribution in [0.5, 0.6) is 0 Å². The van der Waals surface area contributed by atoms with E-state index in [1.807, 2.05) is 4.90 Å². The molecule has 0 aliphatic carbocycles. The van der Waals surface area contributed by atoms with Crippen molar-refractivity contribution in [2.75, 3.05) is 29.9 Å². The zero-order valence-corrected chi connectivity index (χ0v) is 14.9. The molecule has 1 amide bonds. The summed E-state index contributed by atoms with van der Waals surface area (Å²) in [5.41, 5.74) is 0.721. The number of nitro groups is 1. The first-order chi connectivity index (χ1) is 13.4. The zero-order chi connectivity index (χ0) is 20.1. The number of ether oxygens (including phenoxy) is 1. The molecule has 1 N–H and O–H groups in total. The molecule has 0 spiro atoms. The zero-order valence-electron chi connectivity index (χ0n) is 14.9. The summed E-state index contributed by atoms with van der Waals surface area (Å²) in [5.74, 6) is -1.86. The summed E-state index contributed by atoms with van der Waals surface area (Å²) < 4.78 is 17.9. The van der Waals surface area contributed by atoms with Crippen molar-refractivity contribution >= 4 is 28.9 Å². The molecule has 0 atom stereocenters. The molecule has 0 bridgehead atoms. The standard InChI is InChI=1S/C19H18FN3O5/c20-13-3-5-14(6-4-13)21-18(24)12-28-19(25)16-11-15(23(26)27)7-8-17(16)22-9-1-2-10-22/h3-8,11H,1-2,9-10,12H2,(H,21,24). The summed E-state index contributed by atoms with van der Waals surface area (Å²) in [5, 5.41) is 13.5. The highest BCUT2D eigenvalue weighted by Crippen LogP contribution is 2.29. The van der Waals surface area contributed by atoms with Crippen molar-refractivity contribution in [3.63, 3.8) is 0 Å². The molecule has 0 aromatic heterocycles. The number of hydrogen-bond acceptors (Lipinski definition) is 6. The maximum Gasteiger partial charge on any atom is 0.341 e. The van der Waals surface area contributed by atoms with Crippen molar-refractivity contribution in [2.45, 2.75) is 12.8 Å². The van der Waals surface area contributed by atoms with Gasteiger partial charge in [-0.1, -0.05) is 0 Å². The minimum atomic E-state index is -0.820. The number of carbonyl (C=O) groups is 2. The van der Waals surface area contributed by atoms with E-state index in [2.05, 4.69) is 5.32 Å². The van der Waals surface area contributed by atoms with E-state index in [-0.39, 0.29) is 11.3 Å². The predicted molar refractivity (Wildman–Crippen MR) is 99.9 cm³/mol. The fraction of sp³-hybridized carbons (Fsp3) is 0.263. The Bertz CT molecular complexity index is 895. The number of nitrogens with zero attached hydrogens (tertiary/aromatic N) is 2. The Morgan fingerprint density at radius 1 is 1.14 bits per heavy atom. The molecule has 0 unspecified atom stereocenters. The number of anilines is 2. The highest BCUT2D eigenvalue weighted by molar-refractivity contribution is 5.99. The molecule has 0 radical (unpaired) electrons. The molecule has 3 rings (SSSR count). The summed E-state index contributed by atoms with van der Waals surface area (Å²) in [6.45, 7) is 0.907. The number of amides is 1. The molecule has 1 heterocycles. The van der Waals surface area contributed by atoms with E-state index in [0.717, 1.165) is 32.0 Å². The minimum absolute atomic E-state index is 0.0469. The van der Waals surface area contributed by atoms with E-state index < -0.39 is 29.2 Å². The normalized spacial score (nSPS) is 13.2. The molecular formula is C19H18FN3O5. The van der Waals surface area contributed by atoms with E-state index in [4.69, 9.17) is 4.74 Å². The van der Waals surface area contributed by atoms with Gasteiger partial charge in [0.2, 0.25) is 0 Å². The van der Waals surface area contributed by atoms with Gasteiger partial charge in [0.25, 0.3) is 11.6 Å². The summed E-state index contributed by atoms with van der Waals surface area (Å²) in [6.07, 6.45) is 1.93. The second-order valence-corrected chi connectivity index (χ2v) is 6.28. The molecule has 1 aliphatic heterocycles. The first kappa shape index (κ1) is 19.3. The number of halogens is 1. The number of nitrogens with one attached hydrogen (secondary N) is 1. The average molecular weight is 387 g/mol. The van der Waals surface area contributed by atoms with Gasteiger partial charge in [-0.25, -0.2) is 9.18 Å². The van der Waals surface area contributed by atoms with Crippen molar-refractivity contribution in [3.05, 3.63) is 64.0 Å². The summed E-state index contributed by atoms with van der Waals surface area (Å²) in [6, 6.07) is 9.15.